The minimum absolute atomic E-state index is 0.109. The monoisotopic (exact) mass is 239 g/mol. The molecule has 0 fully saturated rings. The first-order valence-electron chi connectivity index (χ1n) is 5.85. The minimum Gasteiger partial charge on any atom is -0.507 e. The first-order valence-corrected chi connectivity index (χ1v) is 5.85. The quantitative estimate of drug-likeness (QED) is 0.830. The van der Waals surface area contributed by atoms with Crippen LogP contribution in [0.2, 0.25) is 0 Å². The van der Waals surface area contributed by atoms with Crippen LogP contribution in [0.4, 0.5) is 4.39 Å². The summed E-state index contributed by atoms with van der Waals surface area (Å²) in [6.45, 7) is 4.70. The third-order valence-electron chi connectivity index (χ3n) is 2.91. The summed E-state index contributed by atoms with van der Waals surface area (Å²) in [6, 6.07) is 3.38. The molecular weight excluding hydrogens is 221 g/mol. The van der Waals surface area contributed by atoms with Crippen molar-refractivity contribution in [1.82, 2.24) is 5.32 Å². The largest absolute Gasteiger partial charge is 0.507 e. The van der Waals surface area contributed by atoms with Crippen LogP contribution in [0.15, 0.2) is 18.2 Å². The molecule has 0 atom stereocenters. The van der Waals surface area contributed by atoms with Crippen LogP contribution in [0.25, 0.3) is 0 Å². The molecule has 1 rings (SSSR count). The highest BCUT2D eigenvalue weighted by Crippen LogP contribution is 2.18. The van der Waals surface area contributed by atoms with E-state index in [4.69, 9.17) is 0 Å². The molecule has 1 aromatic carbocycles. The standard InChI is InChI=1S/C13H18FNO2/c1-3-9(4-2)8-15-13(17)11-6-5-10(14)7-12(11)16/h5-7,9,16H,3-4,8H2,1-2H3,(H,15,17). The Morgan fingerprint density at radius 2 is 2.06 bits per heavy atom. The molecule has 0 bridgehead atoms. The number of phenolic OH excluding ortho intramolecular Hbond substituents is 1. The van der Waals surface area contributed by atoms with Crippen molar-refractivity contribution in [3.8, 4) is 5.75 Å². The van der Waals surface area contributed by atoms with E-state index in [0.29, 0.717) is 12.5 Å². The van der Waals surface area contributed by atoms with Crippen molar-refractivity contribution in [2.24, 2.45) is 5.92 Å². The molecule has 4 heteroatoms. The number of aromatic hydroxyl groups is 1. The number of rotatable bonds is 5. The predicted octanol–water partition coefficient (Wildman–Crippen LogP) is 2.70. The molecule has 0 spiro atoms. The Labute approximate surface area is 101 Å². The zero-order valence-corrected chi connectivity index (χ0v) is 10.2. The van der Waals surface area contributed by atoms with Crippen molar-refractivity contribution in [1.29, 1.82) is 0 Å². The summed E-state index contributed by atoms with van der Waals surface area (Å²) < 4.78 is 12.7. The molecule has 1 amide bonds. The van der Waals surface area contributed by atoms with E-state index < -0.39 is 5.82 Å². The van der Waals surface area contributed by atoms with Gasteiger partial charge in [-0.25, -0.2) is 4.39 Å². The van der Waals surface area contributed by atoms with E-state index in [9.17, 15) is 14.3 Å². The number of halogens is 1. The van der Waals surface area contributed by atoms with Gasteiger partial charge in [0.05, 0.1) is 5.56 Å². The number of benzene rings is 1. The van der Waals surface area contributed by atoms with Crippen LogP contribution in [-0.2, 0) is 0 Å². The van der Waals surface area contributed by atoms with E-state index in [1.807, 2.05) is 0 Å². The molecule has 94 valence electrons. The van der Waals surface area contributed by atoms with Crippen LogP contribution in [0.1, 0.15) is 37.0 Å². The van der Waals surface area contributed by atoms with E-state index in [2.05, 4.69) is 19.2 Å². The number of amides is 1. The smallest absolute Gasteiger partial charge is 0.255 e. The van der Waals surface area contributed by atoms with E-state index in [1.165, 1.54) is 6.07 Å². The summed E-state index contributed by atoms with van der Waals surface area (Å²) in [5.74, 6) is -0.818. The molecule has 0 heterocycles. The summed E-state index contributed by atoms with van der Waals surface area (Å²) in [5.41, 5.74) is 0.109. The van der Waals surface area contributed by atoms with Gasteiger partial charge >= 0.3 is 0 Å². The summed E-state index contributed by atoms with van der Waals surface area (Å²) >= 11 is 0. The second kappa shape index (κ2) is 6.23. The van der Waals surface area contributed by atoms with Crippen molar-refractivity contribution in [2.45, 2.75) is 26.7 Å². The van der Waals surface area contributed by atoms with Crippen LogP contribution < -0.4 is 5.32 Å². The van der Waals surface area contributed by atoms with Crippen molar-refractivity contribution in [3.63, 3.8) is 0 Å². The summed E-state index contributed by atoms with van der Waals surface area (Å²) in [4.78, 5) is 11.7. The normalized spacial score (nSPS) is 10.6. The number of nitrogens with one attached hydrogen (secondary N) is 1. The molecule has 0 radical (unpaired) electrons. The molecule has 0 saturated heterocycles. The third-order valence-corrected chi connectivity index (χ3v) is 2.91. The minimum atomic E-state index is -0.556. The van der Waals surface area contributed by atoms with Gasteiger partial charge in [0, 0.05) is 12.6 Å². The fourth-order valence-electron chi connectivity index (χ4n) is 1.61. The first-order chi connectivity index (χ1) is 8.08. The maximum Gasteiger partial charge on any atom is 0.255 e. The van der Waals surface area contributed by atoms with E-state index >= 15 is 0 Å². The molecule has 0 aliphatic heterocycles. The van der Waals surface area contributed by atoms with Gasteiger partial charge < -0.3 is 10.4 Å². The lowest BCUT2D eigenvalue weighted by molar-refractivity contribution is 0.0943. The SMILES string of the molecule is CCC(CC)CNC(=O)c1ccc(F)cc1O. The zero-order valence-electron chi connectivity index (χ0n) is 10.2. The predicted molar refractivity (Wildman–Crippen MR) is 64.5 cm³/mol. The van der Waals surface area contributed by atoms with Gasteiger partial charge in [-0.3, -0.25) is 4.79 Å². The zero-order chi connectivity index (χ0) is 12.8. The second-order valence-corrected chi connectivity index (χ2v) is 4.05. The van der Waals surface area contributed by atoms with Crippen LogP contribution >= 0.6 is 0 Å². The van der Waals surface area contributed by atoms with Crippen LogP contribution in [-0.4, -0.2) is 17.6 Å². The lowest BCUT2D eigenvalue weighted by Gasteiger charge is -2.13. The number of carbonyl (C=O) groups is 1. The van der Waals surface area contributed by atoms with Crippen LogP contribution in [0.5, 0.6) is 5.75 Å². The Balaban J connectivity index is 2.64. The van der Waals surface area contributed by atoms with Gasteiger partial charge in [-0.05, 0) is 18.1 Å². The molecule has 3 nitrogen and oxygen atoms in total. The topological polar surface area (TPSA) is 49.3 Å². The van der Waals surface area contributed by atoms with Gasteiger partial charge in [-0.2, -0.15) is 0 Å². The number of hydrogen-bond donors (Lipinski definition) is 2. The van der Waals surface area contributed by atoms with Crippen molar-refractivity contribution in [3.05, 3.63) is 29.6 Å². The van der Waals surface area contributed by atoms with Crippen molar-refractivity contribution < 1.29 is 14.3 Å². The Morgan fingerprint density at radius 3 is 2.59 bits per heavy atom. The average molecular weight is 239 g/mol. The third kappa shape index (κ3) is 3.73. The van der Waals surface area contributed by atoms with Gasteiger partial charge in [0.15, 0.2) is 0 Å². The number of carbonyl (C=O) groups excluding carboxylic acids is 1. The van der Waals surface area contributed by atoms with E-state index in [-0.39, 0.29) is 17.2 Å². The van der Waals surface area contributed by atoms with Gasteiger partial charge in [0.1, 0.15) is 11.6 Å². The molecular formula is C13H18FNO2. The summed E-state index contributed by atoms with van der Waals surface area (Å²) in [6.07, 6.45) is 1.98. The fraction of sp³-hybridized carbons (Fsp3) is 0.462. The van der Waals surface area contributed by atoms with Gasteiger partial charge in [-0.15, -0.1) is 0 Å². The molecule has 0 aromatic heterocycles. The summed E-state index contributed by atoms with van der Waals surface area (Å²) in [5, 5.41) is 12.2. The van der Waals surface area contributed by atoms with E-state index in [0.717, 1.165) is 25.0 Å². The molecule has 2 N–H and O–H groups in total. The second-order valence-electron chi connectivity index (χ2n) is 4.05. The molecule has 0 saturated carbocycles. The Morgan fingerprint density at radius 1 is 1.41 bits per heavy atom. The molecule has 17 heavy (non-hydrogen) atoms. The van der Waals surface area contributed by atoms with Crippen LogP contribution in [0.3, 0.4) is 0 Å². The maximum absolute atomic E-state index is 12.7. The highest BCUT2D eigenvalue weighted by atomic mass is 19.1. The Kier molecular flexibility index (Phi) is 4.94. The molecule has 0 aliphatic carbocycles. The molecule has 1 aromatic rings. The van der Waals surface area contributed by atoms with Gasteiger partial charge in [-0.1, -0.05) is 26.7 Å². The first kappa shape index (κ1) is 13.5. The van der Waals surface area contributed by atoms with E-state index in [1.54, 1.807) is 0 Å². The van der Waals surface area contributed by atoms with Gasteiger partial charge in [0.25, 0.3) is 5.91 Å². The highest BCUT2D eigenvalue weighted by Gasteiger charge is 2.12. The van der Waals surface area contributed by atoms with Gasteiger partial charge in [0.2, 0.25) is 0 Å². The highest BCUT2D eigenvalue weighted by molar-refractivity contribution is 5.96. The Hall–Kier alpha value is -1.58. The van der Waals surface area contributed by atoms with Crippen molar-refractivity contribution in [2.75, 3.05) is 6.54 Å². The van der Waals surface area contributed by atoms with Crippen molar-refractivity contribution >= 4 is 5.91 Å². The molecule has 0 unspecified atom stereocenters. The molecule has 0 aliphatic rings. The number of phenols is 1. The number of hydrogen-bond acceptors (Lipinski definition) is 2. The average Bonchev–Trinajstić information content (AvgIpc) is 2.30. The lowest BCUT2D eigenvalue weighted by atomic mass is 10.0. The van der Waals surface area contributed by atoms with Crippen LogP contribution in [0, 0.1) is 11.7 Å². The maximum atomic E-state index is 12.7. The lowest BCUT2D eigenvalue weighted by Crippen LogP contribution is -2.28. The Bertz CT molecular complexity index is 389. The summed E-state index contributed by atoms with van der Waals surface area (Å²) in [7, 11) is 0. The fourth-order valence-corrected chi connectivity index (χ4v) is 1.61.